The fraction of sp³-hybridized carbons (Fsp3) is 0.261. The fourth-order valence-electron chi connectivity index (χ4n) is 7.26. The number of fused-ring (bicyclic) bond motifs is 6. The molecule has 7 aromatic rings. The van der Waals surface area contributed by atoms with Gasteiger partial charge in [0.1, 0.15) is 11.5 Å². The topological polar surface area (TPSA) is 18.5 Å². The van der Waals surface area contributed by atoms with E-state index in [0.29, 0.717) is 0 Å². The molecular weight excluding hydrogens is 585 g/mol. The normalized spacial score (nSPS) is 11.6. The lowest BCUT2D eigenvalue weighted by atomic mass is 9.84. The number of hydrogen-bond acceptors (Lipinski definition) is 2. The van der Waals surface area contributed by atoms with E-state index in [2.05, 4.69) is 139 Å². The van der Waals surface area contributed by atoms with Crippen molar-refractivity contribution in [1.82, 2.24) is 0 Å². The van der Waals surface area contributed by atoms with Gasteiger partial charge in [0.25, 0.3) is 0 Å². The largest absolute Gasteiger partial charge is 0.494 e. The van der Waals surface area contributed by atoms with E-state index in [0.717, 1.165) is 50.4 Å². The summed E-state index contributed by atoms with van der Waals surface area (Å²) in [5, 5.41) is 10.4. The maximum absolute atomic E-state index is 6.04. The van der Waals surface area contributed by atoms with Gasteiger partial charge in [-0.2, -0.15) is 0 Å². The Hall–Kier alpha value is -4.82. The molecule has 0 amide bonds. The summed E-state index contributed by atoms with van der Waals surface area (Å²) in [7, 11) is 0. The Labute approximate surface area is 285 Å². The molecule has 2 nitrogen and oxygen atoms in total. The molecule has 0 radical (unpaired) electrons. The summed E-state index contributed by atoms with van der Waals surface area (Å²) in [5.74, 6) is 1.86. The van der Waals surface area contributed by atoms with Crippen molar-refractivity contribution in [2.45, 2.75) is 67.2 Å². The van der Waals surface area contributed by atoms with Gasteiger partial charge in [-0.05, 0) is 177 Å². The summed E-state index contributed by atoms with van der Waals surface area (Å²) in [6, 6.07) is 36.3. The molecule has 0 fully saturated rings. The first-order valence-corrected chi connectivity index (χ1v) is 17.7. The zero-order chi connectivity index (χ0) is 33.4. The van der Waals surface area contributed by atoms with Crippen LogP contribution in [0.2, 0.25) is 0 Å². The van der Waals surface area contributed by atoms with Crippen LogP contribution in [-0.4, -0.2) is 13.2 Å². The zero-order valence-corrected chi connectivity index (χ0v) is 29.3. The Balaban J connectivity index is 1.53. The van der Waals surface area contributed by atoms with E-state index < -0.39 is 0 Å². The lowest BCUT2D eigenvalue weighted by Crippen LogP contribution is -1.96. The molecule has 0 aromatic heterocycles. The highest BCUT2D eigenvalue weighted by Gasteiger charge is 2.18. The third-order valence-electron chi connectivity index (χ3n) is 10.1. The lowest BCUT2D eigenvalue weighted by molar-refractivity contribution is 0.309. The Morgan fingerprint density at radius 1 is 0.396 bits per heavy atom. The van der Waals surface area contributed by atoms with Gasteiger partial charge in [-0.25, -0.2) is 0 Å². The average Bonchev–Trinajstić information content (AvgIpc) is 3.10. The quantitative estimate of drug-likeness (QED) is 0.0850. The molecule has 0 N–H and O–H groups in total. The Morgan fingerprint density at radius 2 is 0.771 bits per heavy atom. The van der Waals surface area contributed by atoms with Crippen molar-refractivity contribution in [3.05, 3.63) is 119 Å². The number of rotatable bonds is 10. The van der Waals surface area contributed by atoms with Crippen molar-refractivity contribution in [2.75, 3.05) is 13.2 Å². The summed E-state index contributed by atoms with van der Waals surface area (Å²) in [6.45, 7) is 14.9. The van der Waals surface area contributed by atoms with Crippen LogP contribution >= 0.6 is 0 Å². The third-order valence-corrected chi connectivity index (χ3v) is 10.1. The standard InChI is InChI=1S/C46H46O2/c1-7-9-23-47-35-19-15-33(16-20-35)39-25-37-29(3)11-13-31(5)45(37)43-28-42-40(34-17-21-36(22-18-34)48-24-10-8-2)26-38-30(4)12-14-32(6)46(38)44(42)27-41(39)43/h11-22,25-28H,7-10,23-24H2,1-6H3. The predicted molar refractivity (Wildman–Crippen MR) is 207 cm³/mol. The van der Waals surface area contributed by atoms with Gasteiger partial charge in [-0.1, -0.05) is 75.2 Å². The molecule has 2 heteroatoms. The number of aryl methyl sites for hydroxylation is 4. The molecule has 0 saturated heterocycles. The van der Waals surface area contributed by atoms with E-state index in [-0.39, 0.29) is 0 Å². The summed E-state index contributed by atoms with van der Waals surface area (Å²) in [4.78, 5) is 0. The summed E-state index contributed by atoms with van der Waals surface area (Å²) < 4.78 is 12.1. The summed E-state index contributed by atoms with van der Waals surface area (Å²) in [6.07, 6.45) is 4.38. The average molecular weight is 631 g/mol. The monoisotopic (exact) mass is 630 g/mol. The highest BCUT2D eigenvalue weighted by atomic mass is 16.5. The Kier molecular flexibility index (Phi) is 8.84. The van der Waals surface area contributed by atoms with Gasteiger partial charge in [0.05, 0.1) is 13.2 Å². The van der Waals surface area contributed by atoms with Crippen LogP contribution in [-0.2, 0) is 0 Å². The van der Waals surface area contributed by atoms with E-state index in [4.69, 9.17) is 9.47 Å². The Bertz CT molecular complexity index is 2110. The molecule has 0 bridgehead atoms. The number of benzene rings is 7. The van der Waals surface area contributed by atoms with Gasteiger partial charge in [0.15, 0.2) is 0 Å². The van der Waals surface area contributed by atoms with Crippen molar-refractivity contribution in [3.63, 3.8) is 0 Å². The van der Waals surface area contributed by atoms with Crippen molar-refractivity contribution >= 4 is 43.1 Å². The second kappa shape index (κ2) is 13.4. The van der Waals surface area contributed by atoms with Crippen LogP contribution in [0.3, 0.4) is 0 Å². The molecule has 7 rings (SSSR count). The maximum atomic E-state index is 6.04. The number of unbranched alkanes of at least 4 members (excludes halogenated alkanes) is 2. The zero-order valence-electron chi connectivity index (χ0n) is 29.3. The van der Waals surface area contributed by atoms with E-state index in [1.165, 1.54) is 87.6 Å². The molecule has 0 heterocycles. The molecule has 48 heavy (non-hydrogen) atoms. The van der Waals surface area contributed by atoms with Gasteiger partial charge in [0, 0.05) is 0 Å². The van der Waals surface area contributed by atoms with Gasteiger partial charge in [0.2, 0.25) is 0 Å². The molecule has 7 aromatic carbocycles. The van der Waals surface area contributed by atoms with Crippen LogP contribution in [0.15, 0.2) is 97.1 Å². The van der Waals surface area contributed by atoms with Crippen LogP contribution < -0.4 is 9.47 Å². The number of ether oxygens (including phenoxy) is 2. The highest BCUT2D eigenvalue weighted by Crippen LogP contribution is 2.45. The highest BCUT2D eigenvalue weighted by molar-refractivity contribution is 6.25. The molecule has 0 unspecified atom stereocenters. The molecule has 0 aliphatic carbocycles. The first kappa shape index (κ1) is 31.8. The minimum atomic E-state index is 0.752. The van der Waals surface area contributed by atoms with E-state index in [9.17, 15) is 0 Å². The lowest BCUT2D eigenvalue weighted by Gasteiger charge is -2.19. The van der Waals surface area contributed by atoms with Crippen LogP contribution in [0.1, 0.15) is 61.8 Å². The first-order valence-electron chi connectivity index (χ1n) is 17.7. The Morgan fingerprint density at radius 3 is 1.15 bits per heavy atom. The maximum Gasteiger partial charge on any atom is 0.119 e. The van der Waals surface area contributed by atoms with Crippen molar-refractivity contribution in [3.8, 4) is 33.8 Å². The second-order valence-corrected chi connectivity index (χ2v) is 13.5. The van der Waals surface area contributed by atoms with Crippen LogP contribution in [0.5, 0.6) is 11.5 Å². The smallest absolute Gasteiger partial charge is 0.119 e. The van der Waals surface area contributed by atoms with Gasteiger partial charge < -0.3 is 9.47 Å². The van der Waals surface area contributed by atoms with Crippen LogP contribution in [0.25, 0.3) is 65.3 Å². The molecule has 0 atom stereocenters. The van der Waals surface area contributed by atoms with Crippen LogP contribution in [0, 0.1) is 27.7 Å². The molecule has 0 spiro atoms. The van der Waals surface area contributed by atoms with Crippen molar-refractivity contribution in [1.29, 1.82) is 0 Å². The fourth-order valence-corrected chi connectivity index (χ4v) is 7.26. The van der Waals surface area contributed by atoms with Crippen LogP contribution in [0.4, 0.5) is 0 Å². The molecule has 242 valence electrons. The number of hydrogen-bond donors (Lipinski definition) is 0. The molecule has 0 aliphatic heterocycles. The molecule has 0 saturated carbocycles. The van der Waals surface area contributed by atoms with Gasteiger partial charge >= 0.3 is 0 Å². The molecule has 0 aliphatic rings. The predicted octanol–water partition coefficient (Wildman–Crippen LogP) is 13.2. The molecular formula is C46H46O2. The van der Waals surface area contributed by atoms with E-state index >= 15 is 0 Å². The minimum absolute atomic E-state index is 0.752. The van der Waals surface area contributed by atoms with Crippen molar-refractivity contribution in [2.24, 2.45) is 0 Å². The van der Waals surface area contributed by atoms with E-state index in [1.807, 2.05) is 0 Å². The summed E-state index contributed by atoms with van der Waals surface area (Å²) in [5.41, 5.74) is 10.1. The van der Waals surface area contributed by atoms with Crippen molar-refractivity contribution < 1.29 is 9.47 Å². The third kappa shape index (κ3) is 5.79. The summed E-state index contributed by atoms with van der Waals surface area (Å²) >= 11 is 0. The van der Waals surface area contributed by atoms with Gasteiger partial charge in [-0.3, -0.25) is 0 Å². The van der Waals surface area contributed by atoms with E-state index in [1.54, 1.807) is 0 Å². The van der Waals surface area contributed by atoms with Gasteiger partial charge in [-0.15, -0.1) is 0 Å². The second-order valence-electron chi connectivity index (χ2n) is 13.5. The minimum Gasteiger partial charge on any atom is -0.494 e. The SMILES string of the molecule is CCCCOc1ccc(-c2cc3c(C)ccc(C)c3c3cc4c(-c5ccc(OCCCC)cc5)cc5c(C)ccc(C)c5c4cc23)cc1. The first-order chi connectivity index (χ1) is 23.4.